The zero-order chi connectivity index (χ0) is 16.1. The number of nitrogens with one attached hydrogen (secondary N) is 2. The first-order valence-electron chi connectivity index (χ1n) is 7.22. The zero-order valence-corrected chi connectivity index (χ0v) is 12.7. The van der Waals surface area contributed by atoms with Gasteiger partial charge in [0.05, 0.1) is 7.11 Å². The molecule has 2 rings (SSSR count). The Balaban J connectivity index is 2.02. The fourth-order valence-corrected chi connectivity index (χ4v) is 2.38. The average molecular weight is 304 g/mol. The van der Waals surface area contributed by atoms with Crippen molar-refractivity contribution < 1.29 is 19.1 Å². The topological polar surface area (TPSA) is 84.5 Å². The highest BCUT2D eigenvalue weighted by Crippen LogP contribution is 2.10. The number of carbonyl (C=O) groups excluding carboxylic acids is 3. The van der Waals surface area contributed by atoms with Crippen LogP contribution in [-0.4, -0.2) is 37.0 Å². The number of hydrogen-bond donors (Lipinski definition) is 2. The molecule has 0 spiro atoms. The minimum atomic E-state index is -0.766. The second kappa shape index (κ2) is 7.06. The zero-order valence-electron chi connectivity index (χ0n) is 12.7. The molecule has 0 unspecified atom stereocenters. The number of methoxy groups -OCH3 is 1. The van der Waals surface area contributed by atoms with E-state index >= 15 is 0 Å². The van der Waals surface area contributed by atoms with Crippen LogP contribution in [0, 0.1) is 6.92 Å². The maximum atomic E-state index is 12.1. The van der Waals surface area contributed by atoms with Gasteiger partial charge in [-0.2, -0.15) is 0 Å². The summed E-state index contributed by atoms with van der Waals surface area (Å²) in [6.07, 6.45) is 1.13. The van der Waals surface area contributed by atoms with Crippen LogP contribution in [0.2, 0.25) is 0 Å². The summed E-state index contributed by atoms with van der Waals surface area (Å²) in [5, 5.41) is 5.25. The van der Waals surface area contributed by atoms with E-state index in [1.807, 2.05) is 31.2 Å². The Morgan fingerprint density at radius 1 is 1.36 bits per heavy atom. The Bertz CT molecular complexity index is 568. The van der Waals surface area contributed by atoms with Crippen LogP contribution in [0.15, 0.2) is 24.3 Å². The van der Waals surface area contributed by atoms with Gasteiger partial charge in [-0.1, -0.05) is 29.8 Å². The third-order valence-electron chi connectivity index (χ3n) is 3.67. The summed E-state index contributed by atoms with van der Waals surface area (Å²) in [7, 11) is 1.29. The van der Waals surface area contributed by atoms with Crippen molar-refractivity contribution >= 4 is 17.8 Å². The molecule has 0 radical (unpaired) electrons. The molecule has 2 N–H and O–H groups in total. The highest BCUT2D eigenvalue weighted by atomic mass is 16.5. The fraction of sp³-hybridized carbons (Fsp3) is 0.438. The first-order chi connectivity index (χ1) is 10.5. The van der Waals surface area contributed by atoms with Crippen molar-refractivity contribution in [2.24, 2.45) is 0 Å². The SMILES string of the molecule is COC(=O)[C@H](Cc1ccc(C)cc1)NC(=O)[C@@H]1CCC(=O)N1. The molecule has 1 saturated heterocycles. The van der Waals surface area contributed by atoms with Crippen molar-refractivity contribution in [3.05, 3.63) is 35.4 Å². The average Bonchev–Trinajstić information content (AvgIpc) is 2.94. The van der Waals surface area contributed by atoms with Gasteiger partial charge in [0.25, 0.3) is 0 Å². The number of aryl methyl sites for hydroxylation is 1. The van der Waals surface area contributed by atoms with E-state index in [9.17, 15) is 14.4 Å². The lowest BCUT2D eigenvalue weighted by molar-refractivity contribution is -0.145. The van der Waals surface area contributed by atoms with Gasteiger partial charge in [-0.15, -0.1) is 0 Å². The van der Waals surface area contributed by atoms with Crippen LogP contribution in [-0.2, 0) is 25.5 Å². The lowest BCUT2D eigenvalue weighted by atomic mass is 10.0. The quantitative estimate of drug-likeness (QED) is 0.775. The molecule has 1 fully saturated rings. The van der Waals surface area contributed by atoms with E-state index in [2.05, 4.69) is 10.6 Å². The number of rotatable bonds is 5. The van der Waals surface area contributed by atoms with E-state index in [1.54, 1.807) is 0 Å². The predicted molar refractivity (Wildman–Crippen MR) is 80.0 cm³/mol. The number of esters is 1. The molecule has 6 nitrogen and oxygen atoms in total. The molecular formula is C16H20N2O4. The van der Waals surface area contributed by atoms with E-state index < -0.39 is 18.1 Å². The second-order valence-corrected chi connectivity index (χ2v) is 5.43. The summed E-state index contributed by atoms with van der Waals surface area (Å²) in [6.45, 7) is 1.98. The van der Waals surface area contributed by atoms with Gasteiger partial charge in [0, 0.05) is 12.8 Å². The molecule has 0 saturated carbocycles. The Kier molecular flexibility index (Phi) is 5.14. The van der Waals surface area contributed by atoms with Gasteiger partial charge in [-0.25, -0.2) is 4.79 Å². The number of carbonyl (C=O) groups is 3. The highest BCUT2D eigenvalue weighted by molar-refractivity contribution is 5.93. The Labute approximate surface area is 129 Å². The first-order valence-corrected chi connectivity index (χ1v) is 7.22. The Morgan fingerprint density at radius 3 is 2.59 bits per heavy atom. The van der Waals surface area contributed by atoms with E-state index in [0.717, 1.165) is 11.1 Å². The van der Waals surface area contributed by atoms with Gasteiger partial charge in [0.15, 0.2) is 0 Å². The van der Waals surface area contributed by atoms with E-state index in [1.165, 1.54) is 7.11 Å². The summed E-state index contributed by atoms with van der Waals surface area (Å²) in [5.41, 5.74) is 2.05. The van der Waals surface area contributed by atoms with Gasteiger partial charge in [0.2, 0.25) is 11.8 Å². The van der Waals surface area contributed by atoms with Gasteiger partial charge >= 0.3 is 5.97 Å². The van der Waals surface area contributed by atoms with Crippen molar-refractivity contribution in [1.82, 2.24) is 10.6 Å². The van der Waals surface area contributed by atoms with Gasteiger partial charge in [-0.3, -0.25) is 9.59 Å². The summed E-state index contributed by atoms with van der Waals surface area (Å²) in [6, 6.07) is 6.38. The van der Waals surface area contributed by atoms with Crippen molar-refractivity contribution in [2.45, 2.75) is 38.3 Å². The standard InChI is InChI=1S/C16H20N2O4/c1-10-3-5-11(6-4-10)9-13(16(21)22-2)18-15(20)12-7-8-14(19)17-12/h3-6,12-13H,7-9H2,1-2H3,(H,17,19)(H,18,20)/t12-,13-/m0/s1. The van der Waals surface area contributed by atoms with Crippen LogP contribution in [0.3, 0.4) is 0 Å². The van der Waals surface area contributed by atoms with Gasteiger partial charge < -0.3 is 15.4 Å². The normalized spacial score (nSPS) is 18.5. The maximum Gasteiger partial charge on any atom is 0.328 e. The molecular weight excluding hydrogens is 284 g/mol. The minimum Gasteiger partial charge on any atom is -0.467 e. The fourth-order valence-electron chi connectivity index (χ4n) is 2.38. The summed E-state index contributed by atoms with van der Waals surface area (Å²) in [5.74, 6) is -1.00. The maximum absolute atomic E-state index is 12.1. The molecule has 118 valence electrons. The van der Waals surface area contributed by atoms with Crippen molar-refractivity contribution in [2.75, 3.05) is 7.11 Å². The Hall–Kier alpha value is -2.37. The van der Waals surface area contributed by atoms with E-state index in [-0.39, 0.29) is 11.8 Å². The summed E-state index contributed by atoms with van der Waals surface area (Å²) in [4.78, 5) is 35.2. The highest BCUT2D eigenvalue weighted by Gasteiger charge is 2.30. The number of ether oxygens (including phenoxy) is 1. The third-order valence-corrected chi connectivity index (χ3v) is 3.67. The van der Waals surface area contributed by atoms with Crippen LogP contribution in [0.4, 0.5) is 0 Å². The molecule has 0 aromatic heterocycles. The van der Waals surface area contributed by atoms with E-state index in [0.29, 0.717) is 19.3 Å². The molecule has 2 atom stereocenters. The molecule has 1 aromatic rings. The van der Waals surface area contributed by atoms with Crippen LogP contribution < -0.4 is 10.6 Å². The van der Waals surface area contributed by atoms with Crippen molar-refractivity contribution in [3.8, 4) is 0 Å². The molecule has 0 bridgehead atoms. The lowest BCUT2D eigenvalue weighted by Crippen LogP contribution is -2.49. The molecule has 1 aliphatic rings. The molecule has 1 heterocycles. The number of hydrogen-bond acceptors (Lipinski definition) is 4. The molecule has 22 heavy (non-hydrogen) atoms. The Morgan fingerprint density at radius 2 is 2.05 bits per heavy atom. The minimum absolute atomic E-state index is 0.145. The van der Waals surface area contributed by atoms with Crippen LogP contribution in [0.1, 0.15) is 24.0 Å². The molecule has 6 heteroatoms. The predicted octanol–water partition coefficient (Wildman–Crippen LogP) is 0.474. The number of benzene rings is 1. The van der Waals surface area contributed by atoms with Crippen LogP contribution in [0.25, 0.3) is 0 Å². The van der Waals surface area contributed by atoms with Gasteiger partial charge in [-0.05, 0) is 18.9 Å². The molecule has 2 amide bonds. The third kappa shape index (κ3) is 4.07. The van der Waals surface area contributed by atoms with Crippen molar-refractivity contribution in [3.63, 3.8) is 0 Å². The first kappa shape index (κ1) is 16.0. The molecule has 0 aliphatic carbocycles. The van der Waals surface area contributed by atoms with Gasteiger partial charge in [0.1, 0.15) is 12.1 Å². The van der Waals surface area contributed by atoms with Crippen molar-refractivity contribution in [1.29, 1.82) is 0 Å². The molecule has 1 aromatic carbocycles. The second-order valence-electron chi connectivity index (χ2n) is 5.43. The smallest absolute Gasteiger partial charge is 0.328 e. The summed E-state index contributed by atoms with van der Waals surface area (Å²) >= 11 is 0. The number of amides is 2. The van der Waals surface area contributed by atoms with E-state index in [4.69, 9.17) is 4.74 Å². The van der Waals surface area contributed by atoms with Crippen LogP contribution >= 0.6 is 0 Å². The monoisotopic (exact) mass is 304 g/mol. The lowest BCUT2D eigenvalue weighted by Gasteiger charge is -2.19. The molecule has 1 aliphatic heterocycles. The van der Waals surface area contributed by atoms with Crippen LogP contribution in [0.5, 0.6) is 0 Å². The largest absolute Gasteiger partial charge is 0.467 e. The summed E-state index contributed by atoms with van der Waals surface area (Å²) < 4.78 is 4.75.